The second-order valence-electron chi connectivity index (χ2n) is 3.86. The minimum Gasteiger partial charge on any atom is -0.326 e. The molecule has 1 aliphatic rings. The van der Waals surface area contributed by atoms with Gasteiger partial charge in [0.1, 0.15) is 0 Å². The van der Waals surface area contributed by atoms with E-state index in [1.165, 1.54) is 38.5 Å². The maximum absolute atomic E-state index is 6.00. The van der Waals surface area contributed by atoms with Gasteiger partial charge >= 0.3 is 0 Å². The van der Waals surface area contributed by atoms with E-state index < -0.39 is 0 Å². The Balaban J connectivity index is 2.11. The van der Waals surface area contributed by atoms with Crippen molar-refractivity contribution in [1.82, 2.24) is 5.32 Å². The standard InChI is InChI=1S/C10H22N2/c1-2-3-8-12-10-7-5-4-6-9(10)11/h9-10,12H,2-8,11H2,1H3/t9-,10-/m0/s1. The maximum Gasteiger partial charge on any atom is 0.0219 e. The van der Waals surface area contributed by atoms with Gasteiger partial charge in [-0.05, 0) is 25.8 Å². The zero-order valence-corrected chi connectivity index (χ0v) is 8.18. The molecule has 1 fully saturated rings. The highest BCUT2D eigenvalue weighted by Gasteiger charge is 2.20. The predicted molar refractivity (Wildman–Crippen MR) is 53.1 cm³/mol. The highest BCUT2D eigenvalue weighted by atomic mass is 14.9. The van der Waals surface area contributed by atoms with Gasteiger partial charge < -0.3 is 11.1 Å². The Bertz CT molecular complexity index is 114. The van der Waals surface area contributed by atoms with E-state index in [-0.39, 0.29) is 0 Å². The Morgan fingerprint density at radius 1 is 1.33 bits per heavy atom. The second-order valence-corrected chi connectivity index (χ2v) is 3.86. The van der Waals surface area contributed by atoms with Gasteiger partial charge in [-0.15, -0.1) is 0 Å². The number of hydrogen-bond donors (Lipinski definition) is 2. The summed E-state index contributed by atoms with van der Waals surface area (Å²) in [5.41, 5.74) is 6.00. The molecule has 72 valence electrons. The van der Waals surface area contributed by atoms with Gasteiger partial charge in [-0.25, -0.2) is 0 Å². The summed E-state index contributed by atoms with van der Waals surface area (Å²) in [6.07, 6.45) is 7.73. The predicted octanol–water partition coefficient (Wildman–Crippen LogP) is 1.65. The molecule has 3 N–H and O–H groups in total. The number of nitrogens with one attached hydrogen (secondary N) is 1. The molecule has 2 heteroatoms. The van der Waals surface area contributed by atoms with E-state index in [2.05, 4.69) is 12.2 Å². The first kappa shape index (κ1) is 10.0. The molecule has 1 saturated carbocycles. The lowest BCUT2D eigenvalue weighted by Gasteiger charge is -2.29. The highest BCUT2D eigenvalue weighted by molar-refractivity contribution is 4.83. The van der Waals surface area contributed by atoms with Gasteiger partial charge in [-0.1, -0.05) is 26.2 Å². The molecule has 0 aliphatic heterocycles. The zero-order chi connectivity index (χ0) is 8.81. The lowest BCUT2D eigenvalue weighted by molar-refractivity contribution is 0.327. The molecule has 0 heterocycles. The number of hydrogen-bond acceptors (Lipinski definition) is 2. The smallest absolute Gasteiger partial charge is 0.0219 e. The third-order valence-corrected chi connectivity index (χ3v) is 2.76. The van der Waals surface area contributed by atoms with Gasteiger partial charge in [0.15, 0.2) is 0 Å². The SMILES string of the molecule is CCCCN[C@H]1CCCC[C@@H]1N. The van der Waals surface area contributed by atoms with Gasteiger partial charge in [0.05, 0.1) is 0 Å². The van der Waals surface area contributed by atoms with E-state index in [4.69, 9.17) is 5.73 Å². The van der Waals surface area contributed by atoms with Crippen LogP contribution in [0.1, 0.15) is 45.4 Å². The first-order chi connectivity index (χ1) is 5.84. The van der Waals surface area contributed by atoms with Gasteiger partial charge in [0.2, 0.25) is 0 Å². The van der Waals surface area contributed by atoms with Gasteiger partial charge in [0.25, 0.3) is 0 Å². The Morgan fingerprint density at radius 2 is 2.08 bits per heavy atom. The molecule has 1 rings (SSSR count). The van der Waals surface area contributed by atoms with Gasteiger partial charge in [-0.3, -0.25) is 0 Å². The lowest BCUT2D eigenvalue weighted by Crippen LogP contribution is -2.47. The topological polar surface area (TPSA) is 38.0 Å². The van der Waals surface area contributed by atoms with Crippen molar-refractivity contribution in [1.29, 1.82) is 0 Å². The number of unbranched alkanes of at least 4 members (excludes halogenated alkanes) is 1. The lowest BCUT2D eigenvalue weighted by atomic mass is 9.91. The molecule has 0 aromatic rings. The summed E-state index contributed by atoms with van der Waals surface area (Å²) < 4.78 is 0. The van der Waals surface area contributed by atoms with Crippen LogP contribution in [0.5, 0.6) is 0 Å². The van der Waals surface area contributed by atoms with Crippen LogP contribution in [0.15, 0.2) is 0 Å². The summed E-state index contributed by atoms with van der Waals surface area (Å²) in [6.45, 7) is 3.37. The van der Waals surface area contributed by atoms with E-state index in [1.807, 2.05) is 0 Å². The largest absolute Gasteiger partial charge is 0.326 e. The summed E-state index contributed by atoms with van der Waals surface area (Å²) in [6, 6.07) is 1.01. The van der Waals surface area contributed by atoms with Crippen LogP contribution in [-0.2, 0) is 0 Å². The third kappa shape index (κ3) is 3.11. The van der Waals surface area contributed by atoms with Crippen molar-refractivity contribution in [3.63, 3.8) is 0 Å². The van der Waals surface area contributed by atoms with Crippen molar-refractivity contribution in [3.8, 4) is 0 Å². The summed E-state index contributed by atoms with van der Waals surface area (Å²) in [5, 5.41) is 3.55. The van der Waals surface area contributed by atoms with Crippen molar-refractivity contribution >= 4 is 0 Å². The average molecular weight is 170 g/mol. The molecular formula is C10H22N2. The number of rotatable bonds is 4. The van der Waals surface area contributed by atoms with Crippen LogP contribution in [0.4, 0.5) is 0 Å². The first-order valence-corrected chi connectivity index (χ1v) is 5.33. The third-order valence-electron chi connectivity index (χ3n) is 2.76. The summed E-state index contributed by atoms with van der Waals surface area (Å²) in [7, 11) is 0. The van der Waals surface area contributed by atoms with Crippen molar-refractivity contribution < 1.29 is 0 Å². The van der Waals surface area contributed by atoms with E-state index in [0.717, 1.165) is 6.54 Å². The highest BCUT2D eigenvalue weighted by Crippen LogP contribution is 2.16. The Hall–Kier alpha value is -0.0800. The van der Waals surface area contributed by atoms with E-state index in [0.29, 0.717) is 12.1 Å². The molecule has 0 aromatic carbocycles. The van der Waals surface area contributed by atoms with Crippen LogP contribution in [0.2, 0.25) is 0 Å². The van der Waals surface area contributed by atoms with Crippen LogP contribution >= 0.6 is 0 Å². The van der Waals surface area contributed by atoms with Crippen molar-refractivity contribution in [2.75, 3.05) is 6.54 Å². The minimum absolute atomic E-state index is 0.413. The fourth-order valence-electron chi connectivity index (χ4n) is 1.88. The molecule has 0 spiro atoms. The van der Waals surface area contributed by atoms with E-state index in [9.17, 15) is 0 Å². The molecule has 12 heavy (non-hydrogen) atoms. The zero-order valence-electron chi connectivity index (χ0n) is 8.18. The molecule has 1 aliphatic carbocycles. The summed E-state index contributed by atoms with van der Waals surface area (Å²) in [4.78, 5) is 0. The maximum atomic E-state index is 6.00. The molecule has 2 atom stereocenters. The van der Waals surface area contributed by atoms with E-state index in [1.54, 1.807) is 0 Å². The molecule has 0 unspecified atom stereocenters. The fraction of sp³-hybridized carbons (Fsp3) is 1.00. The van der Waals surface area contributed by atoms with E-state index >= 15 is 0 Å². The molecule has 0 aromatic heterocycles. The van der Waals surface area contributed by atoms with Crippen molar-refractivity contribution in [2.45, 2.75) is 57.5 Å². The summed E-state index contributed by atoms with van der Waals surface area (Å²) >= 11 is 0. The minimum atomic E-state index is 0.413. The number of nitrogens with two attached hydrogens (primary N) is 1. The molecule has 0 bridgehead atoms. The van der Waals surface area contributed by atoms with Crippen molar-refractivity contribution in [3.05, 3.63) is 0 Å². The van der Waals surface area contributed by atoms with Crippen LogP contribution in [0.25, 0.3) is 0 Å². The quantitative estimate of drug-likeness (QED) is 0.630. The van der Waals surface area contributed by atoms with Gasteiger partial charge in [0, 0.05) is 12.1 Å². The second kappa shape index (κ2) is 5.55. The molecule has 0 radical (unpaired) electrons. The molecular weight excluding hydrogens is 148 g/mol. The normalized spacial score (nSPS) is 30.5. The molecule has 0 saturated heterocycles. The van der Waals surface area contributed by atoms with Crippen molar-refractivity contribution in [2.24, 2.45) is 5.73 Å². The monoisotopic (exact) mass is 170 g/mol. The Morgan fingerprint density at radius 3 is 2.75 bits per heavy atom. The van der Waals surface area contributed by atoms with Crippen LogP contribution in [0.3, 0.4) is 0 Å². The Kier molecular flexibility index (Phi) is 4.62. The summed E-state index contributed by atoms with van der Waals surface area (Å²) in [5.74, 6) is 0. The van der Waals surface area contributed by atoms with Gasteiger partial charge in [-0.2, -0.15) is 0 Å². The van der Waals surface area contributed by atoms with Crippen LogP contribution in [-0.4, -0.2) is 18.6 Å². The van der Waals surface area contributed by atoms with Crippen LogP contribution in [0, 0.1) is 0 Å². The van der Waals surface area contributed by atoms with Crippen LogP contribution < -0.4 is 11.1 Å². The first-order valence-electron chi connectivity index (χ1n) is 5.33. The fourth-order valence-corrected chi connectivity index (χ4v) is 1.88. The molecule has 0 amide bonds. The Labute approximate surface area is 75.9 Å². The average Bonchev–Trinajstić information content (AvgIpc) is 2.09. The molecule has 2 nitrogen and oxygen atoms in total.